The second kappa shape index (κ2) is 9.46. The summed E-state index contributed by atoms with van der Waals surface area (Å²) in [4.78, 5) is 12.9. The van der Waals surface area contributed by atoms with Crippen molar-refractivity contribution in [1.82, 2.24) is 9.97 Å². The Bertz CT molecular complexity index is 736. The maximum absolute atomic E-state index is 6.17. The van der Waals surface area contributed by atoms with E-state index in [1.54, 1.807) is 18.5 Å². The van der Waals surface area contributed by atoms with E-state index in [0.717, 1.165) is 35.1 Å². The molecule has 6 heteroatoms. The number of aromatic nitrogens is 2. The van der Waals surface area contributed by atoms with E-state index in [1.165, 1.54) is 6.33 Å². The van der Waals surface area contributed by atoms with E-state index in [1.807, 2.05) is 0 Å². The lowest BCUT2D eigenvalue weighted by molar-refractivity contribution is 0.00237. The van der Waals surface area contributed by atoms with E-state index < -0.39 is 5.54 Å². The van der Waals surface area contributed by atoms with Gasteiger partial charge in [0.2, 0.25) is 0 Å². The molecule has 0 amide bonds. The molecule has 6 nitrogen and oxygen atoms in total. The van der Waals surface area contributed by atoms with Crippen molar-refractivity contribution in [3.05, 3.63) is 54.2 Å². The molecule has 0 saturated carbocycles. The lowest BCUT2D eigenvalue weighted by atomic mass is 9.80. The zero-order chi connectivity index (χ0) is 19.9. The SMILES string of the molecule is C=C/C(=C\C(=C(C)C)[C@]1([C@@H](CC)OCCC)COC(N)=N1)c1cncnc1. The summed E-state index contributed by atoms with van der Waals surface area (Å²) < 4.78 is 11.8. The van der Waals surface area contributed by atoms with Crippen LogP contribution in [0.15, 0.2) is 53.6 Å². The van der Waals surface area contributed by atoms with Crippen LogP contribution in [0.1, 0.15) is 46.1 Å². The minimum absolute atomic E-state index is 0.141. The van der Waals surface area contributed by atoms with Gasteiger partial charge in [-0.1, -0.05) is 32.1 Å². The average molecular weight is 370 g/mol. The van der Waals surface area contributed by atoms with Crippen molar-refractivity contribution in [2.24, 2.45) is 10.7 Å². The second-order valence-electron chi connectivity index (χ2n) is 6.78. The Morgan fingerprint density at radius 3 is 2.56 bits per heavy atom. The van der Waals surface area contributed by atoms with Crippen LogP contribution in [0.2, 0.25) is 0 Å². The summed E-state index contributed by atoms with van der Waals surface area (Å²) in [7, 11) is 0. The molecule has 2 atom stereocenters. The number of rotatable bonds is 9. The first-order valence-corrected chi connectivity index (χ1v) is 9.35. The van der Waals surface area contributed by atoms with Gasteiger partial charge < -0.3 is 15.2 Å². The van der Waals surface area contributed by atoms with Crippen LogP contribution in [-0.4, -0.2) is 40.8 Å². The van der Waals surface area contributed by atoms with E-state index in [-0.39, 0.29) is 12.1 Å². The summed E-state index contributed by atoms with van der Waals surface area (Å²) in [6, 6.07) is 0.198. The highest BCUT2D eigenvalue weighted by molar-refractivity contribution is 5.78. The predicted octanol–water partition coefficient (Wildman–Crippen LogP) is 3.67. The van der Waals surface area contributed by atoms with Gasteiger partial charge in [-0.15, -0.1) is 0 Å². The minimum Gasteiger partial charge on any atom is -0.462 e. The molecular formula is C21H30N4O2. The lowest BCUT2D eigenvalue weighted by Crippen LogP contribution is -2.45. The van der Waals surface area contributed by atoms with E-state index in [0.29, 0.717) is 13.2 Å². The van der Waals surface area contributed by atoms with Crippen LogP contribution < -0.4 is 5.73 Å². The molecule has 2 rings (SSSR count). The van der Waals surface area contributed by atoms with Crippen molar-refractivity contribution in [2.45, 2.75) is 52.2 Å². The molecule has 0 unspecified atom stereocenters. The third kappa shape index (κ3) is 4.63. The first-order chi connectivity index (χ1) is 13.0. The van der Waals surface area contributed by atoms with Gasteiger partial charge in [0, 0.05) is 24.6 Å². The fourth-order valence-electron chi connectivity index (χ4n) is 3.34. The number of nitrogens with zero attached hydrogens (tertiary/aromatic N) is 3. The Labute approximate surface area is 161 Å². The van der Waals surface area contributed by atoms with Gasteiger partial charge in [-0.2, -0.15) is 0 Å². The van der Waals surface area contributed by atoms with Crippen LogP contribution in [0.4, 0.5) is 0 Å². The van der Waals surface area contributed by atoms with Crippen LogP contribution in [-0.2, 0) is 9.47 Å². The summed E-state index contributed by atoms with van der Waals surface area (Å²) in [6.07, 6.45) is 10.5. The third-order valence-corrected chi connectivity index (χ3v) is 4.60. The first-order valence-electron chi connectivity index (χ1n) is 9.35. The van der Waals surface area contributed by atoms with Gasteiger partial charge in [0.15, 0.2) is 5.54 Å². The lowest BCUT2D eigenvalue weighted by Gasteiger charge is -2.35. The maximum Gasteiger partial charge on any atom is 0.283 e. The number of hydrogen-bond acceptors (Lipinski definition) is 6. The second-order valence-corrected chi connectivity index (χ2v) is 6.78. The molecule has 0 bridgehead atoms. The molecule has 0 aliphatic carbocycles. The van der Waals surface area contributed by atoms with Gasteiger partial charge >= 0.3 is 0 Å². The van der Waals surface area contributed by atoms with Gasteiger partial charge in [0.1, 0.15) is 12.9 Å². The zero-order valence-electron chi connectivity index (χ0n) is 16.7. The summed E-state index contributed by atoms with van der Waals surface area (Å²) in [5.41, 5.74) is 9.19. The first kappa shape index (κ1) is 20.8. The Morgan fingerprint density at radius 2 is 2.07 bits per heavy atom. The number of nitrogens with two attached hydrogens (primary N) is 1. The zero-order valence-corrected chi connectivity index (χ0v) is 16.7. The summed E-state index contributed by atoms with van der Waals surface area (Å²) >= 11 is 0. The molecule has 27 heavy (non-hydrogen) atoms. The topological polar surface area (TPSA) is 82.6 Å². The summed E-state index contributed by atoms with van der Waals surface area (Å²) in [6.45, 7) is 13.3. The van der Waals surface area contributed by atoms with Crippen LogP contribution >= 0.6 is 0 Å². The maximum atomic E-state index is 6.17. The fourth-order valence-corrected chi connectivity index (χ4v) is 3.34. The monoisotopic (exact) mass is 370 g/mol. The average Bonchev–Trinajstić information content (AvgIpc) is 3.06. The van der Waals surface area contributed by atoms with Crippen molar-refractivity contribution in [2.75, 3.05) is 13.2 Å². The Hall–Kier alpha value is -2.47. The number of amidine groups is 1. The highest BCUT2D eigenvalue weighted by Crippen LogP contribution is 2.38. The van der Waals surface area contributed by atoms with Crippen LogP contribution in [0, 0.1) is 0 Å². The molecule has 0 saturated heterocycles. The van der Waals surface area contributed by atoms with E-state index in [4.69, 9.17) is 20.2 Å². The molecule has 1 aliphatic heterocycles. The molecule has 0 radical (unpaired) electrons. The van der Waals surface area contributed by atoms with Gasteiger partial charge in [0.25, 0.3) is 6.02 Å². The van der Waals surface area contributed by atoms with Crippen molar-refractivity contribution in [3.63, 3.8) is 0 Å². The van der Waals surface area contributed by atoms with Crippen molar-refractivity contribution < 1.29 is 9.47 Å². The van der Waals surface area contributed by atoms with Gasteiger partial charge in [0.05, 0.1) is 6.10 Å². The fraction of sp³-hybridized carbons (Fsp3) is 0.476. The largest absolute Gasteiger partial charge is 0.462 e. The molecule has 1 aliphatic rings. The highest BCUT2D eigenvalue weighted by atomic mass is 16.5. The normalized spacial score (nSPS) is 20.6. The molecule has 0 fully saturated rings. The molecule has 0 spiro atoms. The molecule has 2 N–H and O–H groups in total. The van der Waals surface area contributed by atoms with Crippen molar-refractivity contribution in [3.8, 4) is 0 Å². The van der Waals surface area contributed by atoms with Gasteiger partial charge in [-0.25, -0.2) is 15.0 Å². The van der Waals surface area contributed by atoms with E-state index >= 15 is 0 Å². The highest BCUT2D eigenvalue weighted by Gasteiger charge is 2.46. The minimum atomic E-state index is -0.684. The number of ether oxygens (including phenoxy) is 2. The number of hydrogen-bond donors (Lipinski definition) is 1. The van der Waals surface area contributed by atoms with Gasteiger partial charge in [-0.05, 0) is 43.9 Å². The summed E-state index contributed by atoms with van der Waals surface area (Å²) in [5.74, 6) is 0. The Balaban J connectivity index is 2.58. The third-order valence-electron chi connectivity index (χ3n) is 4.60. The predicted molar refractivity (Wildman–Crippen MR) is 109 cm³/mol. The molecule has 146 valence electrons. The van der Waals surface area contributed by atoms with Crippen LogP contribution in [0.25, 0.3) is 5.57 Å². The van der Waals surface area contributed by atoms with Gasteiger partial charge in [-0.3, -0.25) is 0 Å². The summed E-state index contributed by atoms with van der Waals surface area (Å²) in [5, 5.41) is 0. The molecular weight excluding hydrogens is 340 g/mol. The number of aliphatic imine (C=N–C) groups is 1. The van der Waals surface area contributed by atoms with E-state index in [2.05, 4.69) is 50.3 Å². The van der Waals surface area contributed by atoms with Crippen LogP contribution in [0.3, 0.4) is 0 Å². The smallest absolute Gasteiger partial charge is 0.283 e. The Morgan fingerprint density at radius 1 is 1.37 bits per heavy atom. The standard InChI is InChI=1S/C21H30N4O2/c1-6-9-26-19(8-3)21(13-27-20(22)25-21)18(15(4)5)10-16(7-2)17-11-23-14-24-12-17/h7,10-12,14,19H,2,6,8-9,13H2,1,3-5H3,(H2,22,25)/b16-10+/t19-,21+/m1/s1. The molecule has 2 heterocycles. The van der Waals surface area contributed by atoms with Crippen molar-refractivity contribution >= 4 is 11.6 Å². The number of allylic oxidation sites excluding steroid dienone is 3. The molecule has 1 aromatic rings. The molecule has 1 aromatic heterocycles. The van der Waals surface area contributed by atoms with E-state index in [9.17, 15) is 0 Å². The quantitative estimate of drug-likeness (QED) is 0.671. The molecule has 0 aromatic carbocycles. The Kier molecular flexibility index (Phi) is 7.30. The van der Waals surface area contributed by atoms with Crippen LogP contribution in [0.5, 0.6) is 0 Å². The van der Waals surface area contributed by atoms with Crippen molar-refractivity contribution in [1.29, 1.82) is 0 Å².